The summed E-state index contributed by atoms with van der Waals surface area (Å²) in [5.41, 5.74) is 0. The van der Waals surface area contributed by atoms with E-state index in [-0.39, 0.29) is 79.3 Å². The fraction of sp³-hybridized carbons (Fsp3) is 0. The zero-order valence-corrected chi connectivity index (χ0v) is 9.68. The van der Waals surface area contributed by atoms with Crippen LogP contribution in [0, 0.1) is 0 Å². The largest absolute Gasteiger partial charge is 2.00 e. The molecule has 0 aromatic heterocycles. The number of hydrogen-bond acceptors (Lipinski definition) is 1. The van der Waals surface area contributed by atoms with Gasteiger partial charge >= 0.3 is 68.4 Å². The predicted molar refractivity (Wildman–Crippen MR) is 8.38 cm³/mol. The van der Waals surface area contributed by atoms with Crippen LogP contribution in [0.1, 0.15) is 0 Å². The van der Waals surface area contributed by atoms with Crippen LogP contribution in [0.2, 0.25) is 0 Å². The molecule has 4 heteroatoms. The van der Waals surface area contributed by atoms with Gasteiger partial charge < -0.3 is 11.0 Å². The van der Waals surface area contributed by atoms with Crippen molar-refractivity contribution in [2.24, 2.45) is 0 Å². The first kappa shape index (κ1) is 35.8. The molecule has 16 valence electrons. The molecule has 0 aromatic rings. The van der Waals surface area contributed by atoms with Gasteiger partial charge in [-0.25, -0.2) is 0 Å². The van der Waals surface area contributed by atoms with Crippen LogP contribution in [0.3, 0.4) is 0 Å². The van der Waals surface area contributed by atoms with Crippen molar-refractivity contribution in [1.29, 1.82) is 0 Å². The maximum Gasteiger partial charge on any atom is 2.00 e. The molecule has 0 unspecified atom stereocenters. The SMILES string of the molecule is [Ba+2].[O-2].[OH-].[Zn+2]. The van der Waals surface area contributed by atoms with Crippen molar-refractivity contribution < 1.29 is 30.4 Å². The molecule has 0 bridgehead atoms. The predicted octanol–water partition coefficient (Wildman–Crippen LogP) is -0.679. The molecule has 0 aliphatic heterocycles. The van der Waals surface area contributed by atoms with Gasteiger partial charge in [-0.1, -0.05) is 0 Å². The van der Waals surface area contributed by atoms with Gasteiger partial charge in [0.2, 0.25) is 0 Å². The first-order valence-electron chi connectivity index (χ1n) is 0. The maximum absolute atomic E-state index is 0. The van der Waals surface area contributed by atoms with E-state index < -0.39 is 0 Å². The van der Waals surface area contributed by atoms with Crippen molar-refractivity contribution >= 4 is 48.9 Å². The summed E-state index contributed by atoms with van der Waals surface area (Å²) in [6, 6.07) is 0. The van der Waals surface area contributed by atoms with E-state index in [1.54, 1.807) is 0 Å². The molecule has 0 saturated heterocycles. The van der Waals surface area contributed by atoms with E-state index >= 15 is 0 Å². The minimum absolute atomic E-state index is 0. The summed E-state index contributed by atoms with van der Waals surface area (Å²) < 4.78 is 0. The zero-order valence-electron chi connectivity index (χ0n) is 2.27. The van der Waals surface area contributed by atoms with E-state index in [4.69, 9.17) is 0 Å². The van der Waals surface area contributed by atoms with E-state index in [1.165, 1.54) is 0 Å². The topological polar surface area (TPSA) is 58.5 Å². The maximum atomic E-state index is 0. The minimum atomic E-state index is 0. The molecular formula is HBaO2Zn+. The second kappa shape index (κ2) is 19.4. The Morgan fingerprint density at radius 1 is 1.00 bits per heavy atom. The molecule has 0 aliphatic carbocycles. The summed E-state index contributed by atoms with van der Waals surface area (Å²) in [6.07, 6.45) is 0. The monoisotopic (exact) mass is 235 g/mol. The van der Waals surface area contributed by atoms with Crippen LogP contribution in [-0.4, -0.2) is 54.4 Å². The summed E-state index contributed by atoms with van der Waals surface area (Å²) >= 11 is 0. The van der Waals surface area contributed by atoms with Crippen LogP contribution in [0.4, 0.5) is 0 Å². The van der Waals surface area contributed by atoms with Crippen LogP contribution >= 0.6 is 0 Å². The summed E-state index contributed by atoms with van der Waals surface area (Å²) in [6.45, 7) is 0. The van der Waals surface area contributed by atoms with Crippen LogP contribution in [0.5, 0.6) is 0 Å². The summed E-state index contributed by atoms with van der Waals surface area (Å²) in [5.74, 6) is 0. The first-order chi connectivity index (χ1) is 0. The van der Waals surface area contributed by atoms with Gasteiger partial charge in [-0.3, -0.25) is 0 Å². The summed E-state index contributed by atoms with van der Waals surface area (Å²) in [7, 11) is 0. The molecule has 4 heavy (non-hydrogen) atoms. The summed E-state index contributed by atoms with van der Waals surface area (Å²) in [4.78, 5) is 0. The van der Waals surface area contributed by atoms with Crippen LogP contribution in [0.25, 0.3) is 0 Å². The minimum Gasteiger partial charge on any atom is -2.00 e. The Morgan fingerprint density at radius 2 is 1.00 bits per heavy atom. The van der Waals surface area contributed by atoms with E-state index in [0.717, 1.165) is 0 Å². The van der Waals surface area contributed by atoms with Crippen molar-refractivity contribution in [3.05, 3.63) is 0 Å². The van der Waals surface area contributed by atoms with Gasteiger partial charge in [-0.2, -0.15) is 0 Å². The summed E-state index contributed by atoms with van der Waals surface area (Å²) in [5, 5.41) is 0. The molecule has 0 heterocycles. The molecule has 0 spiro atoms. The molecule has 0 fully saturated rings. The van der Waals surface area contributed by atoms with E-state index in [2.05, 4.69) is 0 Å². The third-order valence-electron chi connectivity index (χ3n) is 0. The third-order valence-corrected chi connectivity index (χ3v) is 0. The second-order valence-corrected chi connectivity index (χ2v) is 0. The molecule has 0 saturated carbocycles. The molecule has 1 N–H and O–H groups in total. The van der Waals surface area contributed by atoms with Crippen LogP contribution < -0.4 is 0 Å². The number of hydrogen-bond donors (Lipinski definition) is 0. The molecule has 0 amide bonds. The van der Waals surface area contributed by atoms with Crippen molar-refractivity contribution in [3.8, 4) is 0 Å². The molecule has 2 nitrogen and oxygen atoms in total. The van der Waals surface area contributed by atoms with Gasteiger partial charge in [0.1, 0.15) is 0 Å². The molecule has 0 aromatic carbocycles. The zero-order chi connectivity index (χ0) is 0. The van der Waals surface area contributed by atoms with E-state index in [1.807, 2.05) is 0 Å². The average Bonchev–Trinajstić information content (AvgIpc) is 0. The van der Waals surface area contributed by atoms with Crippen molar-refractivity contribution in [2.75, 3.05) is 0 Å². The van der Waals surface area contributed by atoms with Crippen molar-refractivity contribution in [3.63, 3.8) is 0 Å². The van der Waals surface area contributed by atoms with Crippen molar-refractivity contribution in [2.45, 2.75) is 0 Å². The molecule has 0 radical (unpaired) electrons. The molecule has 0 rings (SSSR count). The molecule has 0 atom stereocenters. The Bertz CT molecular complexity index is 6.00. The van der Waals surface area contributed by atoms with Gasteiger partial charge in [0, 0.05) is 0 Å². The van der Waals surface area contributed by atoms with E-state index in [0.29, 0.717) is 0 Å². The molecular weight excluding hydrogens is 235 g/mol. The number of rotatable bonds is 0. The fourth-order valence-electron chi connectivity index (χ4n) is 0. The van der Waals surface area contributed by atoms with Gasteiger partial charge in [0.25, 0.3) is 0 Å². The Kier molecular flexibility index (Phi) is 173. The third kappa shape index (κ3) is 8.93. The quantitative estimate of drug-likeness (QED) is 0.514. The Hall–Kier alpha value is 2.11. The smallest absolute Gasteiger partial charge is 2.00 e. The second-order valence-electron chi connectivity index (χ2n) is 0. The standard InChI is InChI=1S/Ba.H2O.O.Zn/h;1H2;;/q+2;;-2;+2/p-1. The Labute approximate surface area is 77.8 Å². The van der Waals surface area contributed by atoms with Gasteiger partial charge in [0.15, 0.2) is 0 Å². The molecule has 0 aliphatic rings. The van der Waals surface area contributed by atoms with Crippen LogP contribution in [-0.2, 0) is 25.0 Å². The average molecular weight is 236 g/mol. The fourth-order valence-corrected chi connectivity index (χ4v) is 0. The van der Waals surface area contributed by atoms with E-state index in [9.17, 15) is 0 Å². The normalized spacial score (nSPS) is 0. The van der Waals surface area contributed by atoms with Crippen LogP contribution in [0.15, 0.2) is 0 Å². The van der Waals surface area contributed by atoms with Gasteiger partial charge in [0.05, 0.1) is 0 Å². The van der Waals surface area contributed by atoms with Crippen molar-refractivity contribution in [1.82, 2.24) is 0 Å². The first-order valence-corrected chi connectivity index (χ1v) is 0. The van der Waals surface area contributed by atoms with Gasteiger partial charge in [-0.15, -0.1) is 0 Å². The Morgan fingerprint density at radius 3 is 1.00 bits per heavy atom. The van der Waals surface area contributed by atoms with Gasteiger partial charge in [-0.05, 0) is 0 Å². The Balaban J connectivity index is 0.